The van der Waals surface area contributed by atoms with Gasteiger partial charge in [-0.2, -0.15) is 0 Å². The Kier molecular flexibility index (Phi) is 13.8. The molecule has 11 heteroatoms. The van der Waals surface area contributed by atoms with Crippen molar-refractivity contribution in [2.75, 3.05) is 13.2 Å². The lowest BCUT2D eigenvalue weighted by Crippen LogP contribution is -2.61. The summed E-state index contributed by atoms with van der Waals surface area (Å²) < 4.78 is 26.9. The van der Waals surface area contributed by atoms with E-state index in [1.54, 1.807) is 27.7 Å². The summed E-state index contributed by atoms with van der Waals surface area (Å²) in [6.07, 6.45) is 15.1. The van der Waals surface area contributed by atoms with Crippen molar-refractivity contribution in [2.24, 2.45) is 56.7 Å². The van der Waals surface area contributed by atoms with E-state index in [0.29, 0.717) is 24.7 Å². The number of carbonyl (C=O) groups is 5. The summed E-state index contributed by atoms with van der Waals surface area (Å²) in [6, 6.07) is 0. The summed E-state index contributed by atoms with van der Waals surface area (Å²) in [7, 11) is 0. The van der Waals surface area contributed by atoms with Crippen LogP contribution in [-0.4, -0.2) is 71.1 Å². The predicted molar refractivity (Wildman–Crippen MR) is 227 cm³/mol. The van der Waals surface area contributed by atoms with Crippen molar-refractivity contribution < 1.29 is 52.8 Å². The zero-order valence-corrected chi connectivity index (χ0v) is 39.5. The van der Waals surface area contributed by atoms with Gasteiger partial charge in [0.25, 0.3) is 0 Å². The second-order valence-corrected chi connectivity index (χ2v) is 23.6. The monoisotopic (exact) mass is 845 g/mol. The van der Waals surface area contributed by atoms with Crippen LogP contribution in [0.25, 0.3) is 0 Å². The average Bonchev–Trinajstić information content (AvgIpc) is 3.39. The lowest BCUT2D eigenvalue weighted by Gasteiger charge is -2.61. The van der Waals surface area contributed by atoms with Crippen LogP contribution in [0, 0.1) is 56.7 Å². The Hall–Kier alpha value is -2.69. The molecule has 9 aliphatic rings. The van der Waals surface area contributed by atoms with Crippen LogP contribution in [0.1, 0.15) is 186 Å². The minimum atomic E-state index is -0.951. The Morgan fingerprint density at radius 2 is 1.12 bits per heavy atom. The highest BCUT2D eigenvalue weighted by Crippen LogP contribution is 2.64. The molecule has 0 spiro atoms. The van der Waals surface area contributed by atoms with Crippen molar-refractivity contribution in [3.8, 4) is 0 Å². The van der Waals surface area contributed by atoms with Crippen molar-refractivity contribution >= 4 is 29.8 Å². The van der Waals surface area contributed by atoms with Crippen LogP contribution in [-0.2, 0) is 47.7 Å². The number of esters is 5. The van der Waals surface area contributed by atoms with E-state index in [1.165, 1.54) is 44.9 Å². The molecule has 0 aromatic rings. The standard InChI is InChI=1S/C19H32O2.C16H26O3.C14H22O6/c1-6-17(2,3)16(20)21-18(4,5)19-10-13-7-14(11-19)9-15(8-13)12-19;1-4-14(2,3)13(17)19-16-8-11-5-12(9-16)7-15(18,6-11)10-16;1-6-13(2,3)12(17)18-7-9(15)20-10-11(16)19-8-14(10,4)5/h13-15H,6-12H2,1-5H3;11-12,18H,4-10H2,1-3H3;10H,6-8H2,1-5H3. The Labute approximate surface area is 360 Å². The molecule has 3 unspecified atom stereocenters. The lowest BCUT2D eigenvalue weighted by molar-refractivity contribution is -0.225. The molecule has 0 amide bonds. The van der Waals surface area contributed by atoms with Gasteiger partial charge >= 0.3 is 29.8 Å². The van der Waals surface area contributed by atoms with Gasteiger partial charge in [0.2, 0.25) is 6.10 Å². The van der Waals surface area contributed by atoms with Gasteiger partial charge in [-0.25, -0.2) is 9.59 Å². The van der Waals surface area contributed by atoms with Crippen LogP contribution in [0.15, 0.2) is 0 Å². The first-order valence-corrected chi connectivity index (χ1v) is 23.3. The Bertz CT molecular complexity index is 1570. The summed E-state index contributed by atoms with van der Waals surface area (Å²) >= 11 is 0. The van der Waals surface area contributed by atoms with Crippen LogP contribution in [0.5, 0.6) is 0 Å². The molecular formula is C49H80O11. The van der Waals surface area contributed by atoms with E-state index in [4.69, 9.17) is 23.7 Å². The van der Waals surface area contributed by atoms with Gasteiger partial charge < -0.3 is 28.8 Å². The van der Waals surface area contributed by atoms with Crippen LogP contribution >= 0.6 is 0 Å². The number of ether oxygens (including phenoxy) is 5. The number of hydrogen-bond donors (Lipinski definition) is 1. The zero-order valence-electron chi connectivity index (χ0n) is 39.5. The second kappa shape index (κ2) is 17.1. The lowest BCUT2D eigenvalue weighted by atomic mass is 9.46. The normalized spacial score (nSPS) is 34.7. The Balaban J connectivity index is 0.000000171. The maximum Gasteiger partial charge on any atom is 0.348 e. The molecule has 0 aromatic carbocycles. The molecule has 3 atom stereocenters. The number of carbonyl (C=O) groups excluding carboxylic acids is 5. The highest BCUT2D eigenvalue weighted by atomic mass is 16.6. The van der Waals surface area contributed by atoms with Gasteiger partial charge in [0, 0.05) is 17.3 Å². The molecule has 1 heterocycles. The largest absolute Gasteiger partial charge is 0.462 e. The highest BCUT2D eigenvalue weighted by molar-refractivity contribution is 5.84. The Morgan fingerprint density at radius 3 is 1.55 bits per heavy atom. The summed E-state index contributed by atoms with van der Waals surface area (Å²) in [5, 5.41) is 10.6. The zero-order chi connectivity index (χ0) is 44.9. The first kappa shape index (κ1) is 48.3. The molecule has 8 saturated carbocycles. The van der Waals surface area contributed by atoms with Crippen LogP contribution in [0.3, 0.4) is 0 Å². The molecule has 60 heavy (non-hydrogen) atoms. The third-order valence-electron chi connectivity index (χ3n) is 16.3. The van der Waals surface area contributed by atoms with Crippen molar-refractivity contribution in [2.45, 2.75) is 209 Å². The van der Waals surface area contributed by atoms with Gasteiger partial charge in [-0.3, -0.25) is 14.4 Å². The van der Waals surface area contributed by atoms with E-state index < -0.39 is 52.5 Å². The fourth-order valence-electron chi connectivity index (χ4n) is 11.8. The molecule has 1 aliphatic heterocycles. The third-order valence-corrected chi connectivity index (χ3v) is 16.3. The number of cyclic esters (lactones) is 1. The summed E-state index contributed by atoms with van der Waals surface area (Å²) in [6.45, 7) is 24.9. The van der Waals surface area contributed by atoms with Gasteiger partial charge in [0.05, 0.1) is 21.8 Å². The van der Waals surface area contributed by atoms with Crippen LogP contribution in [0.4, 0.5) is 0 Å². The quantitative estimate of drug-likeness (QED) is 0.148. The van der Waals surface area contributed by atoms with E-state index in [2.05, 4.69) is 20.8 Å². The molecule has 1 saturated heterocycles. The van der Waals surface area contributed by atoms with Crippen LogP contribution in [0.2, 0.25) is 0 Å². The average molecular weight is 845 g/mol. The molecule has 0 aromatic heterocycles. The van der Waals surface area contributed by atoms with E-state index in [1.807, 2.05) is 41.5 Å². The molecule has 9 rings (SSSR count). The van der Waals surface area contributed by atoms with E-state index in [9.17, 15) is 29.1 Å². The van der Waals surface area contributed by atoms with Crippen molar-refractivity contribution in [3.63, 3.8) is 0 Å². The molecule has 8 aliphatic carbocycles. The molecular weight excluding hydrogens is 765 g/mol. The number of hydrogen-bond acceptors (Lipinski definition) is 11. The molecule has 0 radical (unpaired) electrons. The van der Waals surface area contributed by atoms with Gasteiger partial charge in [-0.15, -0.1) is 0 Å². The number of rotatable bonds is 12. The molecule has 8 bridgehead atoms. The van der Waals surface area contributed by atoms with Crippen molar-refractivity contribution in [3.05, 3.63) is 0 Å². The van der Waals surface area contributed by atoms with E-state index in [0.717, 1.165) is 56.3 Å². The first-order valence-electron chi connectivity index (χ1n) is 23.3. The maximum atomic E-state index is 12.6. The SMILES string of the molecule is CCC(C)(C)C(=O)OC(C)(C)C12CC3CC(CC(C3)C1)C2.CCC(C)(C)C(=O)OC12CC3CC(CC(O)(C3)C1)C2.CCC(C)(C)C(=O)OCC(=O)OC1C(=O)OCC1(C)C. The topological polar surface area (TPSA) is 152 Å². The Morgan fingerprint density at radius 1 is 0.667 bits per heavy atom. The van der Waals surface area contributed by atoms with Crippen molar-refractivity contribution in [1.82, 2.24) is 0 Å². The van der Waals surface area contributed by atoms with Gasteiger partial charge in [0.1, 0.15) is 17.8 Å². The van der Waals surface area contributed by atoms with Gasteiger partial charge in [0.15, 0.2) is 6.61 Å². The summed E-state index contributed by atoms with van der Waals surface area (Å²) in [5.41, 5.74) is -2.96. The predicted octanol–water partition coefficient (Wildman–Crippen LogP) is 9.47. The number of aliphatic hydroxyl groups is 1. The smallest absolute Gasteiger partial charge is 0.348 e. The molecule has 342 valence electrons. The summed E-state index contributed by atoms with van der Waals surface area (Å²) in [4.78, 5) is 59.8. The van der Waals surface area contributed by atoms with E-state index in [-0.39, 0.29) is 40.6 Å². The third kappa shape index (κ3) is 10.4. The fourth-order valence-corrected chi connectivity index (χ4v) is 11.8. The van der Waals surface area contributed by atoms with Gasteiger partial charge in [-0.05, 0) is 175 Å². The fraction of sp³-hybridized carbons (Fsp3) is 0.898. The minimum Gasteiger partial charge on any atom is -0.462 e. The van der Waals surface area contributed by atoms with Crippen LogP contribution < -0.4 is 0 Å². The molecule has 11 nitrogen and oxygen atoms in total. The first-order chi connectivity index (χ1) is 27.5. The summed E-state index contributed by atoms with van der Waals surface area (Å²) in [5.74, 6) is 1.94. The maximum absolute atomic E-state index is 12.6. The van der Waals surface area contributed by atoms with E-state index >= 15 is 0 Å². The minimum absolute atomic E-state index is 0.00857. The van der Waals surface area contributed by atoms with Gasteiger partial charge in [-0.1, -0.05) is 34.6 Å². The molecule has 9 fully saturated rings. The highest BCUT2D eigenvalue weighted by Gasteiger charge is 2.61. The second-order valence-electron chi connectivity index (χ2n) is 23.6. The molecule has 1 N–H and O–H groups in total. The van der Waals surface area contributed by atoms with Crippen molar-refractivity contribution in [1.29, 1.82) is 0 Å².